The van der Waals surface area contributed by atoms with Crippen molar-refractivity contribution in [3.8, 4) is 5.69 Å². The minimum Gasteiger partial charge on any atom is -0.462 e. The zero-order valence-electron chi connectivity index (χ0n) is 17.5. The Morgan fingerprint density at radius 2 is 2.07 bits per heavy atom. The smallest absolute Gasteiger partial charge is 0.341 e. The lowest BCUT2D eigenvalue weighted by Gasteiger charge is -2.11. The summed E-state index contributed by atoms with van der Waals surface area (Å²) in [5.74, 6) is -0.247. The second kappa shape index (κ2) is 8.90. The van der Waals surface area contributed by atoms with Gasteiger partial charge in [0.2, 0.25) is 0 Å². The minimum absolute atomic E-state index is 0.247. The number of aryl methyl sites for hydroxylation is 2. The largest absolute Gasteiger partial charge is 0.462 e. The van der Waals surface area contributed by atoms with E-state index in [9.17, 15) is 4.79 Å². The molecule has 0 atom stereocenters. The van der Waals surface area contributed by atoms with Gasteiger partial charge < -0.3 is 9.30 Å². The van der Waals surface area contributed by atoms with Crippen LogP contribution in [0.2, 0.25) is 0 Å². The van der Waals surface area contributed by atoms with Gasteiger partial charge in [-0.25, -0.2) is 9.79 Å². The Labute approximate surface area is 189 Å². The lowest BCUT2D eigenvalue weighted by Crippen LogP contribution is -2.09. The molecule has 0 bridgehead atoms. The summed E-state index contributed by atoms with van der Waals surface area (Å²) in [6.07, 6.45) is 6.14. The number of aliphatic imine (C=N–C) groups is 1. The summed E-state index contributed by atoms with van der Waals surface area (Å²) in [5.41, 5.74) is 6.24. The Morgan fingerprint density at radius 3 is 2.83 bits per heavy atom. The van der Waals surface area contributed by atoms with E-state index in [-0.39, 0.29) is 5.97 Å². The van der Waals surface area contributed by atoms with E-state index in [2.05, 4.69) is 52.5 Å². The van der Waals surface area contributed by atoms with Crippen LogP contribution in [0.25, 0.3) is 5.69 Å². The summed E-state index contributed by atoms with van der Waals surface area (Å²) in [6.45, 7) is 6.41. The lowest BCUT2D eigenvalue weighted by molar-refractivity contribution is 0.0526. The highest BCUT2D eigenvalue weighted by molar-refractivity contribution is 9.10. The average molecular weight is 485 g/mol. The monoisotopic (exact) mass is 484 g/mol. The van der Waals surface area contributed by atoms with Crippen LogP contribution < -0.4 is 0 Å². The van der Waals surface area contributed by atoms with E-state index in [1.54, 1.807) is 11.3 Å². The van der Waals surface area contributed by atoms with Crippen molar-refractivity contribution >= 4 is 44.5 Å². The van der Waals surface area contributed by atoms with Crippen molar-refractivity contribution in [3.63, 3.8) is 0 Å². The highest BCUT2D eigenvalue weighted by Gasteiger charge is 2.26. The number of ether oxygens (including phenoxy) is 1. The van der Waals surface area contributed by atoms with Crippen LogP contribution in [0, 0.1) is 13.8 Å². The molecule has 0 saturated heterocycles. The maximum Gasteiger partial charge on any atom is 0.341 e. The fourth-order valence-corrected chi connectivity index (χ4v) is 5.72. The van der Waals surface area contributed by atoms with Gasteiger partial charge in [0.1, 0.15) is 5.00 Å². The van der Waals surface area contributed by atoms with E-state index in [1.165, 1.54) is 11.3 Å². The van der Waals surface area contributed by atoms with Crippen molar-refractivity contribution in [2.75, 3.05) is 6.61 Å². The van der Waals surface area contributed by atoms with Gasteiger partial charge in [0.25, 0.3) is 0 Å². The molecule has 156 valence electrons. The molecule has 4 nitrogen and oxygen atoms in total. The van der Waals surface area contributed by atoms with Gasteiger partial charge in [0.15, 0.2) is 0 Å². The number of nitrogens with zero attached hydrogens (tertiary/aromatic N) is 2. The number of rotatable bonds is 5. The number of aromatic nitrogens is 1. The van der Waals surface area contributed by atoms with Gasteiger partial charge in [-0.15, -0.1) is 11.3 Å². The molecule has 4 rings (SSSR count). The van der Waals surface area contributed by atoms with Gasteiger partial charge in [-0.1, -0.05) is 22.0 Å². The molecule has 0 unspecified atom stereocenters. The Balaban J connectivity index is 1.72. The maximum atomic E-state index is 12.7. The maximum absolute atomic E-state index is 12.7. The van der Waals surface area contributed by atoms with Crippen LogP contribution in [0.3, 0.4) is 0 Å². The van der Waals surface area contributed by atoms with E-state index in [0.717, 1.165) is 56.9 Å². The molecule has 2 aromatic heterocycles. The molecule has 30 heavy (non-hydrogen) atoms. The number of hydrogen-bond acceptors (Lipinski definition) is 4. The second-order valence-corrected chi connectivity index (χ2v) is 9.51. The molecule has 0 fully saturated rings. The van der Waals surface area contributed by atoms with Crippen molar-refractivity contribution in [3.05, 3.63) is 67.8 Å². The normalized spacial score (nSPS) is 13.6. The number of esters is 1. The number of carbonyl (C=O) groups is 1. The average Bonchev–Trinajstić information content (AvgIpc) is 3.23. The number of benzene rings is 1. The van der Waals surface area contributed by atoms with E-state index >= 15 is 0 Å². The summed E-state index contributed by atoms with van der Waals surface area (Å²) in [7, 11) is 0. The van der Waals surface area contributed by atoms with Gasteiger partial charge in [0.05, 0.1) is 12.2 Å². The van der Waals surface area contributed by atoms with Crippen molar-refractivity contribution in [2.24, 2.45) is 4.99 Å². The van der Waals surface area contributed by atoms with E-state index in [4.69, 9.17) is 9.73 Å². The van der Waals surface area contributed by atoms with Crippen LogP contribution in [0.15, 0.2) is 39.8 Å². The highest BCUT2D eigenvalue weighted by Crippen LogP contribution is 2.40. The first-order valence-corrected chi connectivity index (χ1v) is 11.9. The van der Waals surface area contributed by atoms with Crippen molar-refractivity contribution in [2.45, 2.75) is 46.5 Å². The van der Waals surface area contributed by atoms with Gasteiger partial charge in [0, 0.05) is 38.2 Å². The van der Waals surface area contributed by atoms with Crippen LogP contribution in [-0.2, 0) is 17.6 Å². The summed E-state index contributed by atoms with van der Waals surface area (Å²) < 4.78 is 8.61. The number of carbonyl (C=O) groups excluding carboxylic acids is 1. The first-order valence-electron chi connectivity index (χ1n) is 10.3. The molecule has 6 heteroatoms. The third-order valence-electron chi connectivity index (χ3n) is 5.49. The van der Waals surface area contributed by atoms with Crippen molar-refractivity contribution in [1.82, 2.24) is 4.57 Å². The fraction of sp³-hybridized carbons (Fsp3) is 0.333. The number of thiophene rings is 1. The second-order valence-electron chi connectivity index (χ2n) is 7.51. The zero-order chi connectivity index (χ0) is 21.3. The van der Waals surface area contributed by atoms with Crippen LogP contribution >= 0.6 is 27.3 Å². The van der Waals surface area contributed by atoms with Gasteiger partial charge in [-0.05, 0) is 76.3 Å². The van der Waals surface area contributed by atoms with Crippen LogP contribution in [0.4, 0.5) is 5.00 Å². The van der Waals surface area contributed by atoms with Crippen LogP contribution in [-0.4, -0.2) is 23.4 Å². The summed E-state index contributed by atoms with van der Waals surface area (Å²) in [4.78, 5) is 18.7. The van der Waals surface area contributed by atoms with Crippen molar-refractivity contribution < 1.29 is 9.53 Å². The third-order valence-corrected chi connectivity index (χ3v) is 7.18. The van der Waals surface area contributed by atoms with Crippen molar-refractivity contribution in [1.29, 1.82) is 0 Å². The van der Waals surface area contributed by atoms with E-state index in [0.29, 0.717) is 12.2 Å². The number of hydrogen-bond donors (Lipinski definition) is 0. The molecular weight excluding hydrogens is 460 g/mol. The third kappa shape index (κ3) is 4.03. The van der Waals surface area contributed by atoms with Gasteiger partial charge >= 0.3 is 5.97 Å². The highest BCUT2D eigenvalue weighted by atomic mass is 79.9. The molecule has 0 N–H and O–H groups in total. The first-order chi connectivity index (χ1) is 14.5. The van der Waals surface area contributed by atoms with Gasteiger partial charge in [-0.2, -0.15) is 0 Å². The summed E-state index contributed by atoms with van der Waals surface area (Å²) in [5, 5.41) is 0.771. The predicted molar refractivity (Wildman–Crippen MR) is 127 cm³/mol. The first kappa shape index (κ1) is 21.1. The van der Waals surface area contributed by atoms with Crippen LogP contribution in [0.5, 0.6) is 0 Å². The molecule has 0 saturated carbocycles. The molecule has 1 aromatic carbocycles. The van der Waals surface area contributed by atoms with Gasteiger partial charge in [-0.3, -0.25) is 0 Å². The number of fused-ring (bicyclic) bond motifs is 1. The molecule has 0 radical (unpaired) electrons. The fourth-order valence-electron chi connectivity index (χ4n) is 4.12. The Hall–Kier alpha value is -2.18. The summed E-state index contributed by atoms with van der Waals surface area (Å²) >= 11 is 5.20. The minimum atomic E-state index is -0.247. The molecule has 1 aliphatic carbocycles. The number of halogens is 1. The lowest BCUT2D eigenvalue weighted by atomic mass is 9.95. The molecule has 2 heterocycles. The molecule has 0 amide bonds. The van der Waals surface area contributed by atoms with Crippen LogP contribution in [0.1, 0.15) is 57.5 Å². The molecule has 0 aliphatic heterocycles. The topological polar surface area (TPSA) is 43.6 Å². The Bertz CT molecular complexity index is 1130. The zero-order valence-corrected chi connectivity index (χ0v) is 19.9. The molecule has 3 aromatic rings. The molecule has 0 spiro atoms. The standard InChI is InChI=1S/C24H25BrN2O2S/c1-4-29-24(28)22-20-10-5-6-11-21(20)30-23(22)26-14-17-12-15(2)27(16(17)3)19-9-7-8-18(25)13-19/h7-9,12-14H,4-6,10-11H2,1-3H3. The van der Waals surface area contributed by atoms with E-state index in [1.807, 2.05) is 25.3 Å². The summed E-state index contributed by atoms with van der Waals surface area (Å²) in [6, 6.07) is 10.4. The Morgan fingerprint density at radius 1 is 1.27 bits per heavy atom. The van der Waals surface area contributed by atoms with E-state index < -0.39 is 0 Å². The molecular formula is C24H25BrN2O2S. The SMILES string of the molecule is CCOC(=O)c1c(N=Cc2cc(C)n(-c3cccc(Br)c3)c2C)sc2c1CCCC2. The predicted octanol–water partition coefficient (Wildman–Crippen LogP) is 6.72. The molecule has 1 aliphatic rings. The Kier molecular flexibility index (Phi) is 6.25. The quantitative estimate of drug-likeness (QED) is 0.297.